The topological polar surface area (TPSA) is 133 Å². The Balaban J connectivity index is 2.79. The maximum atomic E-state index is 12.3. The molecule has 2 amide bonds. The van der Waals surface area contributed by atoms with Crippen LogP contribution in [0.15, 0.2) is 30.3 Å². The summed E-state index contributed by atoms with van der Waals surface area (Å²) < 4.78 is 0. The van der Waals surface area contributed by atoms with E-state index in [0.29, 0.717) is 0 Å². The van der Waals surface area contributed by atoms with Crippen molar-refractivity contribution in [1.82, 2.24) is 10.6 Å². The van der Waals surface area contributed by atoms with Gasteiger partial charge in [-0.2, -0.15) is 0 Å². The molecule has 1 rings (SSSR count). The zero-order valence-electron chi connectivity index (χ0n) is 13.2. The largest absolute Gasteiger partial charge is 0.481 e. The van der Waals surface area contributed by atoms with Crippen LogP contribution in [0.1, 0.15) is 25.3 Å². The first-order valence-electron chi connectivity index (χ1n) is 7.35. The van der Waals surface area contributed by atoms with E-state index >= 15 is 0 Å². The van der Waals surface area contributed by atoms with Gasteiger partial charge in [0.15, 0.2) is 0 Å². The van der Waals surface area contributed by atoms with Crippen LogP contribution in [0.4, 0.5) is 0 Å². The Labute approximate surface area is 138 Å². The molecule has 0 heterocycles. The van der Waals surface area contributed by atoms with Crippen molar-refractivity contribution in [2.75, 3.05) is 0 Å². The van der Waals surface area contributed by atoms with Gasteiger partial charge in [-0.05, 0) is 12.0 Å². The molecule has 130 valence electrons. The Bertz CT molecular complexity index is 602. The second-order valence-corrected chi connectivity index (χ2v) is 5.27. The normalized spacial score (nSPS) is 12.7. The fraction of sp³-hybridized carbons (Fsp3) is 0.375. The first-order chi connectivity index (χ1) is 11.3. The van der Waals surface area contributed by atoms with Crippen LogP contribution < -0.4 is 10.6 Å². The molecule has 0 aliphatic heterocycles. The molecule has 24 heavy (non-hydrogen) atoms. The van der Waals surface area contributed by atoms with Crippen LogP contribution in [0, 0.1) is 0 Å². The minimum Gasteiger partial charge on any atom is -0.481 e. The Morgan fingerprint density at radius 1 is 1.00 bits per heavy atom. The van der Waals surface area contributed by atoms with Crippen LogP contribution in [0.2, 0.25) is 0 Å². The van der Waals surface area contributed by atoms with Crippen LogP contribution in [0.5, 0.6) is 0 Å². The number of carbonyl (C=O) groups excluding carboxylic acids is 2. The SMILES string of the molecule is CC(=O)N[C@@H](Cc1ccccc1)C(=O)N[C@@H](CCC(=O)O)C(=O)O. The fourth-order valence-electron chi connectivity index (χ4n) is 2.10. The second-order valence-electron chi connectivity index (χ2n) is 5.27. The molecule has 0 bridgehead atoms. The predicted octanol–water partition coefficient (Wildman–Crippen LogP) is 0.168. The molecule has 0 aromatic heterocycles. The number of rotatable bonds is 9. The quantitative estimate of drug-likeness (QED) is 0.508. The van der Waals surface area contributed by atoms with Gasteiger partial charge in [0.05, 0.1) is 0 Å². The van der Waals surface area contributed by atoms with Crippen LogP contribution in [0.3, 0.4) is 0 Å². The Hall–Kier alpha value is -2.90. The summed E-state index contributed by atoms with van der Waals surface area (Å²) in [5.74, 6) is -3.58. The average molecular weight is 336 g/mol. The smallest absolute Gasteiger partial charge is 0.326 e. The van der Waals surface area contributed by atoms with Gasteiger partial charge in [0.2, 0.25) is 11.8 Å². The number of aliphatic carboxylic acids is 2. The van der Waals surface area contributed by atoms with Crippen LogP contribution in [-0.4, -0.2) is 46.0 Å². The summed E-state index contributed by atoms with van der Waals surface area (Å²) in [6, 6.07) is 6.65. The highest BCUT2D eigenvalue weighted by atomic mass is 16.4. The molecule has 0 unspecified atom stereocenters. The summed E-state index contributed by atoms with van der Waals surface area (Å²) in [6.07, 6.45) is -0.438. The van der Waals surface area contributed by atoms with Gasteiger partial charge >= 0.3 is 11.9 Å². The van der Waals surface area contributed by atoms with Crippen molar-refractivity contribution in [2.45, 2.75) is 38.3 Å². The Morgan fingerprint density at radius 3 is 2.12 bits per heavy atom. The van der Waals surface area contributed by atoms with E-state index in [9.17, 15) is 19.2 Å². The lowest BCUT2D eigenvalue weighted by atomic mass is 10.0. The number of carboxylic acid groups (broad SMARTS) is 2. The van der Waals surface area contributed by atoms with Gasteiger partial charge in [0, 0.05) is 19.8 Å². The number of amides is 2. The second kappa shape index (κ2) is 9.29. The van der Waals surface area contributed by atoms with E-state index in [2.05, 4.69) is 10.6 Å². The molecule has 1 aromatic rings. The van der Waals surface area contributed by atoms with Crippen molar-refractivity contribution < 1.29 is 29.4 Å². The van der Waals surface area contributed by atoms with E-state index in [1.54, 1.807) is 24.3 Å². The van der Waals surface area contributed by atoms with Crippen LogP contribution in [0.25, 0.3) is 0 Å². The predicted molar refractivity (Wildman–Crippen MR) is 84.2 cm³/mol. The van der Waals surface area contributed by atoms with E-state index in [4.69, 9.17) is 10.2 Å². The third kappa shape index (κ3) is 6.91. The maximum Gasteiger partial charge on any atom is 0.326 e. The summed E-state index contributed by atoms with van der Waals surface area (Å²) in [5.41, 5.74) is 0.795. The number of benzene rings is 1. The molecule has 2 atom stereocenters. The lowest BCUT2D eigenvalue weighted by molar-refractivity contribution is -0.143. The maximum absolute atomic E-state index is 12.3. The van der Waals surface area contributed by atoms with E-state index in [1.165, 1.54) is 6.92 Å². The average Bonchev–Trinajstić information content (AvgIpc) is 2.50. The lowest BCUT2D eigenvalue weighted by Crippen LogP contribution is -2.52. The zero-order chi connectivity index (χ0) is 18.1. The molecule has 4 N–H and O–H groups in total. The van der Waals surface area contributed by atoms with Gasteiger partial charge in [-0.3, -0.25) is 14.4 Å². The molecule has 0 saturated heterocycles. The number of carboxylic acids is 2. The highest BCUT2D eigenvalue weighted by Gasteiger charge is 2.26. The minimum absolute atomic E-state index is 0.192. The van der Waals surface area contributed by atoms with Crippen LogP contribution in [-0.2, 0) is 25.6 Å². The molecule has 8 nitrogen and oxygen atoms in total. The highest BCUT2D eigenvalue weighted by Crippen LogP contribution is 2.05. The lowest BCUT2D eigenvalue weighted by Gasteiger charge is -2.21. The summed E-state index contributed by atoms with van der Waals surface area (Å²) in [5, 5.41) is 22.5. The van der Waals surface area contributed by atoms with Gasteiger partial charge < -0.3 is 20.8 Å². The van der Waals surface area contributed by atoms with E-state index < -0.39 is 35.8 Å². The monoisotopic (exact) mass is 336 g/mol. The van der Waals surface area contributed by atoms with E-state index in [0.717, 1.165) is 5.56 Å². The van der Waals surface area contributed by atoms with E-state index in [1.807, 2.05) is 6.07 Å². The van der Waals surface area contributed by atoms with Crippen molar-refractivity contribution in [3.05, 3.63) is 35.9 Å². The Morgan fingerprint density at radius 2 is 1.62 bits per heavy atom. The van der Waals surface area contributed by atoms with Crippen molar-refractivity contribution in [3.63, 3.8) is 0 Å². The summed E-state index contributed by atoms with van der Waals surface area (Å²) in [4.78, 5) is 45.3. The van der Waals surface area contributed by atoms with Crippen LogP contribution >= 0.6 is 0 Å². The van der Waals surface area contributed by atoms with Crippen molar-refractivity contribution in [3.8, 4) is 0 Å². The first kappa shape index (κ1) is 19.1. The number of nitrogens with one attached hydrogen (secondary N) is 2. The molecule has 8 heteroatoms. The third-order valence-electron chi connectivity index (χ3n) is 3.24. The molecule has 0 spiro atoms. The standard InChI is InChI=1S/C16H20N2O6/c1-10(19)17-13(9-11-5-3-2-4-6-11)15(22)18-12(16(23)24)7-8-14(20)21/h2-6,12-13H,7-9H2,1H3,(H,17,19)(H,18,22)(H,20,21)(H,23,24)/t12-,13-/m0/s1. The molecule has 0 fully saturated rings. The third-order valence-corrected chi connectivity index (χ3v) is 3.24. The van der Waals surface area contributed by atoms with Gasteiger partial charge in [0.1, 0.15) is 12.1 Å². The summed E-state index contributed by atoms with van der Waals surface area (Å²) in [7, 11) is 0. The zero-order valence-corrected chi connectivity index (χ0v) is 13.2. The number of hydrogen-bond acceptors (Lipinski definition) is 4. The van der Waals surface area contributed by atoms with Crippen molar-refractivity contribution >= 4 is 23.8 Å². The number of carbonyl (C=O) groups is 4. The summed E-state index contributed by atoms with van der Waals surface area (Å²) >= 11 is 0. The van der Waals surface area contributed by atoms with Gasteiger partial charge in [0.25, 0.3) is 0 Å². The van der Waals surface area contributed by atoms with E-state index in [-0.39, 0.29) is 19.3 Å². The molecule has 0 aliphatic carbocycles. The molecular weight excluding hydrogens is 316 g/mol. The fourth-order valence-corrected chi connectivity index (χ4v) is 2.10. The molecule has 1 aromatic carbocycles. The van der Waals surface area contributed by atoms with Gasteiger partial charge in [-0.1, -0.05) is 30.3 Å². The number of hydrogen-bond donors (Lipinski definition) is 4. The molecule has 0 saturated carbocycles. The van der Waals surface area contributed by atoms with Crippen molar-refractivity contribution in [2.24, 2.45) is 0 Å². The molecule has 0 aliphatic rings. The highest BCUT2D eigenvalue weighted by molar-refractivity contribution is 5.90. The Kier molecular flexibility index (Phi) is 7.41. The first-order valence-corrected chi connectivity index (χ1v) is 7.35. The summed E-state index contributed by atoms with van der Waals surface area (Å²) in [6.45, 7) is 1.25. The molecular formula is C16H20N2O6. The minimum atomic E-state index is -1.33. The van der Waals surface area contributed by atoms with Crippen molar-refractivity contribution in [1.29, 1.82) is 0 Å². The molecule has 0 radical (unpaired) electrons. The van der Waals surface area contributed by atoms with Gasteiger partial charge in [-0.25, -0.2) is 4.79 Å². The van der Waals surface area contributed by atoms with Gasteiger partial charge in [-0.15, -0.1) is 0 Å².